The highest BCUT2D eigenvalue weighted by molar-refractivity contribution is 5.96. The molecule has 5 aromatic rings. The van der Waals surface area contributed by atoms with Gasteiger partial charge in [-0.2, -0.15) is 0 Å². The van der Waals surface area contributed by atoms with E-state index in [0.29, 0.717) is 11.8 Å². The first kappa shape index (κ1) is 31.8. The van der Waals surface area contributed by atoms with Crippen LogP contribution in [0.1, 0.15) is 18.4 Å². The molecule has 4 aliphatic carbocycles. The zero-order chi connectivity index (χ0) is 34.7. The van der Waals surface area contributed by atoms with E-state index in [9.17, 15) is 0 Å². The Morgan fingerprint density at radius 2 is 1.21 bits per heavy atom. The molecule has 4 aliphatic rings. The molecule has 0 saturated carbocycles. The van der Waals surface area contributed by atoms with Gasteiger partial charge < -0.3 is 9.80 Å². The molecule has 4 atom stereocenters. The Bertz CT molecular complexity index is 2310. The van der Waals surface area contributed by atoms with E-state index in [1.54, 1.807) is 0 Å². The smallest absolute Gasteiger partial charge is 0.0628 e. The monoisotopic (exact) mass is 670 g/mol. The summed E-state index contributed by atoms with van der Waals surface area (Å²) in [5.74, 6) is 0.698. The molecule has 252 valence electrons. The van der Waals surface area contributed by atoms with Crippen molar-refractivity contribution >= 4 is 39.1 Å². The van der Waals surface area contributed by atoms with Gasteiger partial charge >= 0.3 is 0 Å². The number of hydrogen-bond donors (Lipinski definition) is 0. The van der Waals surface area contributed by atoms with Crippen LogP contribution in [0.3, 0.4) is 0 Å². The lowest BCUT2D eigenvalue weighted by Gasteiger charge is -2.38. The minimum atomic E-state index is 0.201. The number of benzene rings is 5. The van der Waals surface area contributed by atoms with Crippen molar-refractivity contribution in [3.8, 4) is 0 Å². The van der Waals surface area contributed by atoms with Crippen molar-refractivity contribution in [2.75, 3.05) is 9.80 Å². The van der Waals surface area contributed by atoms with Crippen LogP contribution in [0.2, 0.25) is 0 Å². The molecule has 52 heavy (non-hydrogen) atoms. The molecule has 9 rings (SSSR count). The maximum Gasteiger partial charge on any atom is 0.0628 e. The van der Waals surface area contributed by atoms with Gasteiger partial charge in [0, 0.05) is 40.0 Å². The number of fused-ring (bicyclic) bond motifs is 2. The summed E-state index contributed by atoms with van der Waals surface area (Å²) in [5, 5.41) is 2.55. The van der Waals surface area contributed by atoms with Gasteiger partial charge in [-0.25, -0.2) is 0 Å². The van der Waals surface area contributed by atoms with E-state index in [4.69, 9.17) is 0 Å². The molecule has 0 fully saturated rings. The summed E-state index contributed by atoms with van der Waals surface area (Å²) in [6.07, 6.45) is 32.0. The Hall–Kier alpha value is -6.12. The van der Waals surface area contributed by atoms with Crippen molar-refractivity contribution in [1.29, 1.82) is 0 Å². The molecule has 0 heterocycles. The zero-order valence-corrected chi connectivity index (χ0v) is 29.2. The number of nitrogens with zero attached hydrogens (tertiary/aromatic N) is 2. The van der Waals surface area contributed by atoms with Crippen LogP contribution in [0.4, 0.5) is 22.7 Å². The quantitative estimate of drug-likeness (QED) is 0.162. The lowest BCUT2D eigenvalue weighted by Crippen LogP contribution is -2.37. The molecule has 5 aromatic carbocycles. The molecule has 0 aromatic heterocycles. The average Bonchev–Trinajstić information content (AvgIpc) is 3.23. The second-order valence-corrected chi connectivity index (χ2v) is 14.0. The Labute approximate surface area is 307 Å². The number of hydrogen-bond acceptors (Lipinski definition) is 2. The topological polar surface area (TPSA) is 6.48 Å². The molecule has 4 unspecified atom stereocenters. The van der Waals surface area contributed by atoms with Gasteiger partial charge in [0.1, 0.15) is 0 Å². The third-order valence-corrected chi connectivity index (χ3v) is 10.9. The van der Waals surface area contributed by atoms with E-state index in [1.807, 2.05) is 0 Å². The van der Waals surface area contributed by atoms with Gasteiger partial charge in [-0.05, 0) is 83.0 Å². The molecular weight excluding hydrogens is 629 g/mol. The third kappa shape index (κ3) is 6.22. The number of allylic oxidation sites excluding steroid dienone is 11. The second kappa shape index (κ2) is 14.2. The van der Waals surface area contributed by atoms with Crippen LogP contribution in [-0.4, -0.2) is 12.1 Å². The SMILES string of the molecule is C1=CC2=CC=CC(N(c3ccccc3)c3ccc(C4=CCC(C5=CCC(N(c6ccccc6)c6cccc7ccccc67)C=C5)C=C4)cc3)C2C=C1. The van der Waals surface area contributed by atoms with Gasteiger partial charge in [-0.3, -0.25) is 0 Å². The fourth-order valence-electron chi connectivity index (χ4n) is 8.28. The minimum Gasteiger partial charge on any atom is -0.334 e. The number of para-hydroxylation sites is 2. The lowest BCUT2D eigenvalue weighted by molar-refractivity contribution is 0.639. The van der Waals surface area contributed by atoms with Crippen molar-refractivity contribution in [3.63, 3.8) is 0 Å². The number of rotatable bonds is 8. The van der Waals surface area contributed by atoms with E-state index in [2.05, 4.69) is 216 Å². The highest BCUT2D eigenvalue weighted by atomic mass is 15.2. The average molecular weight is 671 g/mol. The summed E-state index contributed by atoms with van der Waals surface area (Å²) in [6.45, 7) is 0. The van der Waals surface area contributed by atoms with E-state index in [0.717, 1.165) is 12.8 Å². The summed E-state index contributed by atoms with van der Waals surface area (Å²) >= 11 is 0. The van der Waals surface area contributed by atoms with Gasteiger partial charge in [0.15, 0.2) is 0 Å². The molecule has 0 amide bonds. The maximum atomic E-state index is 2.51. The van der Waals surface area contributed by atoms with Crippen molar-refractivity contribution in [3.05, 3.63) is 223 Å². The van der Waals surface area contributed by atoms with Crippen molar-refractivity contribution < 1.29 is 0 Å². The molecule has 2 nitrogen and oxygen atoms in total. The van der Waals surface area contributed by atoms with Crippen LogP contribution >= 0.6 is 0 Å². The summed E-state index contributed by atoms with van der Waals surface area (Å²) in [6, 6.07) is 46.6. The molecule has 0 N–H and O–H groups in total. The highest BCUT2D eigenvalue weighted by Crippen LogP contribution is 2.40. The number of anilines is 4. The first-order valence-electron chi connectivity index (χ1n) is 18.6. The van der Waals surface area contributed by atoms with Crippen molar-refractivity contribution in [1.82, 2.24) is 0 Å². The molecule has 0 bridgehead atoms. The van der Waals surface area contributed by atoms with Crippen LogP contribution in [0, 0.1) is 11.8 Å². The fourth-order valence-corrected chi connectivity index (χ4v) is 8.28. The predicted molar refractivity (Wildman–Crippen MR) is 221 cm³/mol. The summed E-state index contributed by atoms with van der Waals surface area (Å²) in [7, 11) is 0. The zero-order valence-electron chi connectivity index (χ0n) is 29.2. The largest absolute Gasteiger partial charge is 0.334 e. The van der Waals surface area contributed by atoms with Gasteiger partial charge in [-0.15, -0.1) is 0 Å². The van der Waals surface area contributed by atoms with Crippen LogP contribution in [0.5, 0.6) is 0 Å². The normalized spacial score (nSPS) is 21.7. The first-order valence-corrected chi connectivity index (χ1v) is 18.6. The predicted octanol–water partition coefficient (Wildman–Crippen LogP) is 12.6. The Balaban J connectivity index is 0.917. The van der Waals surface area contributed by atoms with Gasteiger partial charge in [0.05, 0.1) is 12.1 Å². The van der Waals surface area contributed by atoms with Crippen LogP contribution in [-0.2, 0) is 0 Å². The molecular formula is C50H42N2. The van der Waals surface area contributed by atoms with Gasteiger partial charge in [0.2, 0.25) is 0 Å². The molecule has 0 aliphatic heterocycles. The van der Waals surface area contributed by atoms with E-state index in [-0.39, 0.29) is 12.1 Å². The van der Waals surface area contributed by atoms with Crippen LogP contribution in [0.25, 0.3) is 16.3 Å². The summed E-state index contributed by atoms with van der Waals surface area (Å²) < 4.78 is 0. The summed E-state index contributed by atoms with van der Waals surface area (Å²) in [5.41, 5.74) is 10.2. The van der Waals surface area contributed by atoms with Crippen molar-refractivity contribution in [2.45, 2.75) is 24.9 Å². The second-order valence-electron chi connectivity index (χ2n) is 14.0. The van der Waals surface area contributed by atoms with Crippen LogP contribution < -0.4 is 9.80 Å². The van der Waals surface area contributed by atoms with E-state index >= 15 is 0 Å². The van der Waals surface area contributed by atoms with E-state index < -0.39 is 0 Å². The Morgan fingerprint density at radius 1 is 0.481 bits per heavy atom. The molecule has 2 heteroatoms. The summed E-state index contributed by atoms with van der Waals surface area (Å²) in [4.78, 5) is 4.99. The van der Waals surface area contributed by atoms with Crippen LogP contribution in [0.15, 0.2) is 218 Å². The molecule has 0 saturated heterocycles. The van der Waals surface area contributed by atoms with Crippen molar-refractivity contribution in [2.24, 2.45) is 11.8 Å². The fraction of sp³-hybridized carbons (Fsp3) is 0.120. The highest BCUT2D eigenvalue weighted by Gasteiger charge is 2.30. The lowest BCUT2D eigenvalue weighted by atomic mass is 9.83. The van der Waals surface area contributed by atoms with E-state index in [1.165, 1.54) is 55.8 Å². The first-order chi connectivity index (χ1) is 25.8. The maximum absolute atomic E-state index is 2.51. The van der Waals surface area contributed by atoms with Gasteiger partial charge in [-0.1, -0.05) is 164 Å². The van der Waals surface area contributed by atoms with Gasteiger partial charge in [0.25, 0.3) is 0 Å². The minimum absolute atomic E-state index is 0.201. The standard InChI is InChI=1S/C50H42N2/c1-3-17-43(18-4-1)51(49-23-11-15-41-13-7-9-21-47(41)49)45-33-29-39(30-34-45)37-25-27-38(28-26-37)40-31-35-46(36-32-40)52(44-19-5-2-6-20-44)50-24-12-16-42-14-8-10-22-48(42)50/h1-27,29-35,38,46-47,49H,28,36H2. The third-order valence-electron chi connectivity index (χ3n) is 10.9. The Kier molecular flexibility index (Phi) is 8.72. The molecule has 0 spiro atoms. The Morgan fingerprint density at radius 3 is 1.96 bits per heavy atom. The molecule has 0 radical (unpaired) electrons.